The Bertz CT molecular complexity index is 862. The number of carbonyl (C=O) groups is 1. The van der Waals surface area contributed by atoms with Crippen LogP contribution in [0.15, 0.2) is 54.9 Å². The average Bonchev–Trinajstić information content (AvgIpc) is 3.07. The van der Waals surface area contributed by atoms with Gasteiger partial charge in [0.25, 0.3) is 5.91 Å². The third-order valence-corrected chi connectivity index (χ3v) is 5.53. The molecule has 1 saturated heterocycles. The standard InChI is InChI=1S/C21H22ClN3O/c1-14-3-6-17(11-15(14)2)19-12-20-21(26)24(9-10-25(20)23-19)13-16-4-7-18(22)8-5-16/h3-11,19-20,23H,12-13H2,1-2H3. The third-order valence-electron chi connectivity index (χ3n) is 5.27. The van der Waals surface area contributed by atoms with E-state index in [2.05, 4.69) is 37.5 Å². The summed E-state index contributed by atoms with van der Waals surface area (Å²) in [4.78, 5) is 14.7. The fourth-order valence-corrected chi connectivity index (χ4v) is 3.68. The predicted octanol–water partition coefficient (Wildman–Crippen LogP) is 4.09. The molecular formula is C21H22ClN3O. The highest BCUT2D eigenvalue weighted by molar-refractivity contribution is 6.30. The van der Waals surface area contributed by atoms with Crippen LogP contribution in [0, 0.1) is 13.8 Å². The molecule has 1 amide bonds. The number of rotatable bonds is 3. The summed E-state index contributed by atoms with van der Waals surface area (Å²) in [5.41, 5.74) is 8.32. The molecule has 1 N–H and O–H groups in total. The molecule has 2 atom stereocenters. The number of fused-ring (bicyclic) bond motifs is 1. The Kier molecular flexibility index (Phi) is 4.47. The van der Waals surface area contributed by atoms with Gasteiger partial charge in [0.05, 0.1) is 12.6 Å². The van der Waals surface area contributed by atoms with E-state index in [1.807, 2.05) is 41.7 Å². The van der Waals surface area contributed by atoms with Crippen LogP contribution in [0.3, 0.4) is 0 Å². The van der Waals surface area contributed by atoms with Gasteiger partial charge in [-0.25, -0.2) is 5.43 Å². The summed E-state index contributed by atoms with van der Waals surface area (Å²) < 4.78 is 0. The van der Waals surface area contributed by atoms with Crippen molar-refractivity contribution < 1.29 is 4.79 Å². The van der Waals surface area contributed by atoms with Crippen molar-refractivity contribution >= 4 is 17.5 Å². The van der Waals surface area contributed by atoms with Crippen LogP contribution in [0.4, 0.5) is 0 Å². The van der Waals surface area contributed by atoms with E-state index in [1.165, 1.54) is 16.7 Å². The molecule has 134 valence electrons. The van der Waals surface area contributed by atoms with Gasteiger partial charge in [0.1, 0.15) is 6.04 Å². The van der Waals surface area contributed by atoms with Crippen LogP contribution in [0.25, 0.3) is 0 Å². The highest BCUT2D eigenvalue weighted by atomic mass is 35.5. The lowest BCUT2D eigenvalue weighted by Gasteiger charge is -2.31. The Morgan fingerprint density at radius 1 is 1.08 bits per heavy atom. The normalized spacial score (nSPS) is 22.0. The van der Waals surface area contributed by atoms with E-state index in [1.54, 1.807) is 4.90 Å². The predicted molar refractivity (Wildman–Crippen MR) is 103 cm³/mol. The van der Waals surface area contributed by atoms with Crippen molar-refractivity contribution in [1.29, 1.82) is 0 Å². The molecule has 0 aliphatic carbocycles. The van der Waals surface area contributed by atoms with Crippen LogP contribution in [0.1, 0.15) is 34.7 Å². The molecule has 4 nitrogen and oxygen atoms in total. The topological polar surface area (TPSA) is 35.6 Å². The van der Waals surface area contributed by atoms with Crippen LogP contribution < -0.4 is 5.43 Å². The second-order valence-corrected chi connectivity index (χ2v) is 7.51. The van der Waals surface area contributed by atoms with Gasteiger partial charge in [0.15, 0.2) is 0 Å². The number of hydrogen-bond donors (Lipinski definition) is 1. The SMILES string of the molecule is Cc1ccc(C2CC3C(=O)N(Cc4ccc(Cl)cc4)C=CN3N2)cc1C. The molecule has 0 radical (unpaired) electrons. The number of hydrogen-bond acceptors (Lipinski definition) is 3. The van der Waals surface area contributed by atoms with E-state index in [0.717, 1.165) is 12.0 Å². The molecule has 2 aromatic carbocycles. The first-order chi connectivity index (χ1) is 12.5. The first kappa shape index (κ1) is 17.1. The molecule has 2 aliphatic rings. The van der Waals surface area contributed by atoms with Crippen molar-refractivity contribution in [3.05, 3.63) is 82.1 Å². The lowest BCUT2D eigenvalue weighted by Crippen LogP contribution is -2.47. The van der Waals surface area contributed by atoms with Crippen molar-refractivity contribution in [3.8, 4) is 0 Å². The summed E-state index contributed by atoms with van der Waals surface area (Å²) in [6.07, 6.45) is 4.58. The van der Waals surface area contributed by atoms with Crippen LogP contribution in [-0.2, 0) is 11.3 Å². The van der Waals surface area contributed by atoms with Gasteiger partial charge < -0.3 is 9.91 Å². The van der Waals surface area contributed by atoms with E-state index in [-0.39, 0.29) is 18.0 Å². The zero-order valence-electron chi connectivity index (χ0n) is 14.9. The molecule has 2 aliphatic heterocycles. The maximum absolute atomic E-state index is 12.9. The first-order valence-corrected chi connectivity index (χ1v) is 9.24. The molecule has 0 spiro atoms. The fraction of sp³-hybridized carbons (Fsp3) is 0.286. The van der Waals surface area contributed by atoms with Gasteiger partial charge in [-0.05, 0) is 54.7 Å². The highest BCUT2D eigenvalue weighted by Gasteiger charge is 2.39. The van der Waals surface area contributed by atoms with Gasteiger partial charge in [-0.3, -0.25) is 4.79 Å². The summed E-state index contributed by atoms with van der Waals surface area (Å²) in [5.74, 6) is 0.126. The minimum absolute atomic E-state index is 0.126. The zero-order chi connectivity index (χ0) is 18.3. The molecule has 2 aromatic rings. The van der Waals surface area contributed by atoms with Gasteiger partial charge in [0, 0.05) is 17.4 Å². The zero-order valence-corrected chi connectivity index (χ0v) is 15.7. The second-order valence-electron chi connectivity index (χ2n) is 7.07. The van der Waals surface area contributed by atoms with E-state index in [0.29, 0.717) is 11.6 Å². The van der Waals surface area contributed by atoms with Crippen molar-refractivity contribution in [2.75, 3.05) is 0 Å². The quantitative estimate of drug-likeness (QED) is 0.887. The van der Waals surface area contributed by atoms with E-state index in [9.17, 15) is 4.79 Å². The molecule has 26 heavy (non-hydrogen) atoms. The van der Waals surface area contributed by atoms with Crippen LogP contribution >= 0.6 is 11.6 Å². The molecule has 5 heteroatoms. The molecule has 4 rings (SSSR count). The summed E-state index contributed by atoms with van der Waals surface area (Å²) in [6.45, 7) is 4.80. The Labute approximate surface area is 159 Å². The summed E-state index contributed by atoms with van der Waals surface area (Å²) in [6, 6.07) is 14.1. The molecule has 0 bridgehead atoms. The van der Waals surface area contributed by atoms with Crippen molar-refractivity contribution in [3.63, 3.8) is 0 Å². The molecular weight excluding hydrogens is 346 g/mol. The van der Waals surface area contributed by atoms with Gasteiger partial charge in [-0.1, -0.05) is 41.9 Å². The lowest BCUT2D eigenvalue weighted by atomic mass is 9.97. The van der Waals surface area contributed by atoms with Crippen LogP contribution in [-0.4, -0.2) is 21.9 Å². The number of nitrogens with zero attached hydrogens (tertiary/aromatic N) is 2. The largest absolute Gasteiger partial charge is 0.311 e. The fourth-order valence-electron chi connectivity index (χ4n) is 3.55. The van der Waals surface area contributed by atoms with E-state index >= 15 is 0 Å². The Hall–Kier alpha value is -2.30. The van der Waals surface area contributed by atoms with E-state index < -0.39 is 0 Å². The smallest absolute Gasteiger partial charge is 0.251 e. The van der Waals surface area contributed by atoms with Gasteiger partial charge >= 0.3 is 0 Å². The lowest BCUT2D eigenvalue weighted by molar-refractivity contribution is -0.134. The minimum Gasteiger partial charge on any atom is -0.311 e. The molecule has 0 saturated carbocycles. The molecule has 2 heterocycles. The van der Waals surface area contributed by atoms with Crippen LogP contribution in [0.5, 0.6) is 0 Å². The number of aryl methyl sites for hydroxylation is 2. The molecule has 1 fully saturated rings. The second kappa shape index (κ2) is 6.78. The molecule has 0 aromatic heterocycles. The number of nitrogens with one attached hydrogen (secondary N) is 1. The number of benzene rings is 2. The maximum atomic E-state index is 12.9. The maximum Gasteiger partial charge on any atom is 0.251 e. The van der Waals surface area contributed by atoms with Gasteiger partial charge in [-0.2, -0.15) is 0 Å². The van der Waals surface area contributed by atoms with E-state index in [4.69, 9.17) is 11.6 Å². The monoisotopic (exact) mass is 367 g/mol. The Balaban J connectivity index is 1.49. The van der Waals surface area contributed by atoms with Crippen molar-refractivity contribution in [2.45, 2.75) is 38.9 Å². The van der Waals surface area contributed by atoms with Crippen molar-refractivity contribution in [2.24, 2.45) is 0 Å². The summed E-state index contributed by atoms with van der Waals surface area (Å²) in [7, 11) is 0. The third kappa shape index (κ3) is 3.22. The minimum atomic E-state index is -0.168. The van der Waals surface area contributed by atoms with Crippen molar-refractivity contribution in [1.82, 2.24) is 15.3 Å². The Morgan fingerprint density at radius 3 is 2.58 bits per heavy atom. The Morgan fingerprint density at radius 2 is 1.85 bits per heavy atom. The number of amides is 1. The summed E-state index contributed by atoms with van der Waals surface area (Å²) >= 11 is 5.94. The number of hydrazine groups is 1. The van der Waals surface area contributed by atoms with Gasteiger partial charge in [0.2, 0.25) is 0 Å². The van der Waals surface area contributed by atoms with Gasteiger partial charge in [-0.15, -0.1) is 0 Å². The van der Waals surface area contributed by atoms with Crippen LogP contribution in [0.2, 0.25) is 5.02 Å². The summed E-state index contributed by atoms with van der Waals surface area (Å²) in [5, 5.41) is 2.65. The molecule has 2 unspecified atom stereocenters. The number of carbonyl (C=O) groups excluding carboxylic acids is 1. The first-order valence-electron chi connectivity index (χ1n) is 8.86. The number of halogens is 1. The average molecular weight is 368 g/mol. The highest BCUT2D eigenvalue weighted by Crippen LogP contribution is 2.32.